The first-order valence-corrected chi connectivity index (χ1v) is 9.30. The number of hydrogen-bond acceptors (Lipinski definition) is 4. The summed E-state index contributed by atoms with van der Waals surface area (Å²) in [5, 5.41) is 4.02. The summed E-state index contributed by atoms with van der Waals surface area (Å²) < 4.78 is 44.1. The first-order chi connectivity index (χ1) is 14.5. The zero-order valence-electron chi connectivity index (χ0n) is 16.1. The molecule has 2 heterocycles. The lowest BCUT2D eigenvalue weighted by atomic mass is 9.91. The van der Waals surface area contributed by atoms with E-state index >= 15 is 0 Å². The minimum absolute atomic E-state index is 0.0665. The third-order valence-electron chi connectivity index (χ3n) is 4.93. The molecule has 5 nitrogen and oxygen atoms in total. The molecule has 30 heavy (non-hydrogen) atoms. The highest BCUT2D eigenvalue weighted by atomic mass is 19.4. The fraction of sp³-hybridized carbons (Fsp3) is 0.182. The fourth-order valence-electron chi connectivity index (χ4n) is 3.42. The Labute approximate surface area is 170 Å². The van der Waals surface area contributed by atoms with Gasteiger partial charge in [0, 0.05) is 35.8 Å². The number of aromatic nitrogens is 3. The highest BCUT2D eigenvalue weighted by Crippen LogP contribution is 2.32. The number of ether oxygens (including phenoxy) is 1. The smallest absolute Gasteiger partial charge is 0.433 e. The van der Waals surface area contributed by atoms with Crippen LogP contribution in [0.4, 0.5) is 19.1 Å². The largest absolute Gasteiger partial charge is 0.497 e. The molecular formula is C22H19F3N4O. The summed E-state index contributed by atoms with van der Waals surface area (Å²) in [6.07, 6.45) is -1.49. The van der Waals surface area contributed by atoms with Crippen LogP contribution in [0.3, 0.4) is 0 Å². The average molecular weight is 412 g/mol. The number of methoxy groups -OCH3 is 1. The molecular weight excluding hydrogens is 393 g/mol. The predicted molar refractivity (Wildman–Crippen MR) is 109 cm³/mol. The highest BCUT2D eigenvalue weighted by Gasteiger charge is 2.32. The monoisotopic (exact) mass is 412 g/mol. The van der Waals surface area contributed by atoms with Crippen molar-refractivity contribution >= 4 is 16.9 Å². The summed E-state index contributed by atoms with van der Waals surface area (Å²) in [4.78, 5) is 10.8. The van der Waals surface area contributed by atoms with Crippen LogP contribution in [-0.4, -0.2) is 28.6 Å². The molecule has 4 rings (SSSR count). The molecule has 1 unspecified atom stereocenters. The molecule has 0 bridgehead atoms. The van der Waals surface area contributed by atoms with E-state index in [9.17, 15) is 13.2 Å². The van der Waals surface area contributed by atoms with E-state index in [-0.39, 0.29) is 11.9 Å². The molecule has 0 aliphatic heterocycles. The molecule has 1 atom stereocenters. The van der Waals surface area contributed by atoms with E-state index in [0.29, 0.717) is 6.54 Å². The molecule has 0 amide bonds. The van der Waals surface area contributed by atoms with Gasteiger partial charge in [-0.15, -0.1) is 0 Å². The zero-order valence-corrected chi connectivity index (χ0v) is 16.1. The van der Waals surface area contributed by atoms with Gasteiger partial charge in [0.2, 0.25) is 5.95 Å². The van der Waals surface area contributed by atoms with Gasteiger partial charge in [-0.2, -0.15) is 13.2 Å². The SMILES string of the molecule is COc1ccc(C(CNc2nccc(C(F)(F)F)n2)c2c[nH]c3ccccc23)cc1. The van der Waals surface area contributed by atoms with Crippen LogP contribution >= 0.6 is 0 Å². The highest BCUT2D eigenvalue weighted by molar-refractivity contribution is 5.84. The van der Waals surface area contributed by atoms with Gasteiger partial charge >= 0.3 is 6.18 Å². The molecule has 2 N–H and O–H groups in total. The van der Waals surface area contributed by atoms with Crippen LogP contribution in [0, 0.1) is 0 Å². The Kier molecular flexibility index (Phi) is 5.31. The zero-order chi connectivity index (χ0) is 21.1. The minimum Gasteiger partial charge on any atom is -0.497 e. The third-order valence-corrected chi connectivity index (χ3v) is 4.93. The molecule has 0 spiro atoms. The van der Waals surface area contributed by atoms with Crippen molar-refractivity contribution in [3.63, 3.8) is 0 Å². The Balaban J connectivity index is 1.67. The maximum absolute atomic E-state index is 13.0. The second kappa shape index (κ2) is 8.06. The Hall–Kier alpha value is -3.55. The van der Waals surface area contributed by atoms with E-state index in [1.165, 1.54) is 0 Å². The van der Waals surface area contributed by atoms with E-state index in [0.717, 1.165) is 40.0 Å². The van der Waals surface area contributed by atoms with Crippen molar-refractivity contribution < 1.29 is 17.9 Å². The van der Waals surface area contributed by atoms with Gasteiger partial charge in [-0.1, -0.05) is 30.3 Å². The van der Waals surface area contributed by atoms with Crippen LogP contribution in [0.1, 0.15) is 22.7 Å². The summed E-state index contributed by atoms with van der Waals surface area (Å²) in [7, 11) is 1.60. The van der Waals surface area contributed by atoms with Crippen molar-refractivity contribution in [2.45, 2.75) is 12.1 Å². The van der Waals surface area contributed by atoms with Crippen molar-refractivity contribution in [1.29, 1.82) is 0 Å². The molecule has 4 aromatic rings. The van der Waals surface area contributed by atoms with Gasteiger partial charge in [0.25, 0.3) is 0 Å². The van der Waals surface area contributed by atoms with Gasteiger partial charge in [0.05, 0.1) is 7.11 Å². The average Bonchev–Trinajstić information content (AvgIpc) is 3.18. The number of rotatable bonds is 6. The van der Waals surface area contributed by atoms with Gasteiger partial charge in [0.15, 0.2) is 0 Å². The molecule has 0 saturated carbocycles. The molecule has 0 aliphatic carbocycles. The molecule has 154 valence electrons. The lowest BCUT2D eigenvalue weighted by molar-refractivity contribution is -0.141. The second-order valence-corrected chi connectivity index (χ2v) is 6.76. The van der Waals surface area contributed by atoms with E-state index in [4.69, 9.17) is 4.74 Å². The van der Waals surface area contributed by atoms with E-state index < -0.39 is 11.9 Å². The molecule has 8 heteroatoms. The first-order valence-electron chi connectivity index (χ1n) is 9.30. The van der Waals surface area contributed by atoms with Gasteiger partial charge in [-0.05, 0) is 35.4 Å². The van der Waals surface area contributed by atoms with Crippen molar-refractivity contribution in [1.82, 2.24) is 15.0 Å². The topological polar surface area (TPSA) is 62.8 Å². The molecule has 2 aromatic carbocycles. The standard InChI is InChI=1S/C22H19F3N4O/c1-30-15-8-6-14(7-9-15)17(18-13-27-19-5-3-2-4-16(18)19)12-28-21-26-11-10-20(29-21)22(23,24)25/h2-11,13,17,27H,12H2,1H3,(H,26,28,29). The van der Waals surface area contributed by atoms with Crippen LogP contribution < -0.4 is 10.1 Å². The van der Waals surface area contributed by atoms with Crippen LogP contribution in [0.2, 0.25) is 0 Å². The maximum Gasteiger partial charge on any atom is 0.433 e. The number of halogens is 3. The second-order valence-electron chi connectivity index (χ2n) is 6.76. The van der Waals surface area contributed by atoms with Crippen LogP contribution in [0.25, 0.3) is 10.9 Å². The van der Waals surface area contributed by atoms with Crippen LogP contribution in [0.15, 0.2) is 67.0 Å². The summed E-state index contributed by atoms with van der Waals surface area (Å²) in [5.41, 5.74) is 2.02. The molecule has 0 aliphatic rings. The first kappa shape index (κ1) is 19.8. The molecule has 0 saturated heterocycles. The number of fused-ring (bicyclic) bond motifs is 1. The molecule has 0 radical (unpaired) electrons. The number of nitrogens with one attached hydrogen (secondary N) is 2. The van der Waals surface area contributed by atoms with E-state index in [1.54, 1.807) is 7.11 Å². The normalized spacial score (nSPS) is 12.7. The fourth-order valence-corrected chi connectivity index (χ4v) is 3.42. The number of nitrogens with zero attached hydrogens (tertiary/aromatic N) is 2. The van der Waals surface area contributed by atoms with Gasteiger partial charge in [0.1, 0.15) is 11.4 Å². The number of hydrogen-bond donors (Lipinski definition) is 2. The van der Waals surface area contributed by atoms with E-state index in [1.807, 2.05) is 54.7 Å². The van der Waals surface area contributed by atoms with Gasteiger partial charge in [-0.3, -0.25) is 0 Å². The van der Waals surface area contributed by atoms with Gasteiger partial charge < -0.3 is 15.0 Å². The number of para-hydroxylation sites is 1. The Bertz CT molecular complexity index is 1140. The predicted octanol–water partition coefficient (Wildman–Crippen LogP) is 5.23. The van der Waals surface area contributed by atoms with Crippen molar-refractivity contribution in [3.8, 4) is 5.75 Å². The quantitative estimate of drug-likeness (QED) is 0.455. The third kappa shape index (κ3) is 4.07. The number of aromatic amines is 1. The molecule has 2 aromatic heterocycles. The Morgan fingerprint density at radius 2 is 1.83 bits per heavy atom. The lowest BCUT2D eigenvalue weighted by Crippen LogP contribution is -2.17. The van der Waals surface area contributed by atoms with Crippen LogP contribution in [0.5, 0.6) is 5.75 Å². The van der Waals surface area contributed by atoms with Crippen molar-refractivity contribution in [3.05, 3.63) is 83.8 Å². The Morgan fingerprint density at radius 3 is 2.57 bits per heavy atom. The van der Waals surface area contributed by atoms with E-state index in [2.05, 4.69) is 20.3 Å². The van der Waals surface area contributed by atoms with Gasteiger partial charge in [-0.25, -0.2) is 9.97 Å². The Morgan fingerprint density at radius 1 is 1.07 bits per heavy atom. The lowest BCUT2D eigenvalue weighted by Gasteiger charge is -2.19. The summed E-state index contributed by atoms with van der Waals surface area (Å²) in [6.45, 7) is 0.315. The van der Waals surface area contributed by atoms with Crippen LogP contribution in [-0.2, 0) is 6.18 Å². The number of anilines is 1. The number of benzene rings is 2. The number of H-pyrrole nitrogens is 1. The molecule has 0 fully saturated rings. The minimum atomic E-state index is -4.52. The summed E-state index contributed by atoms with van der Waals surface area (Å²) in [6, 6.07) is 16.3. The maximum atomic E-state index is 13.0. The summed E-state index contributed by atoms with van der Waals surface area (Å²) >= 11 is 0. The number of alkyl halides is 3. The van der Waals surface area contributed by atoms with Crippen molar-refractivity contribution in [2.75, 3.05) is 19.0 Å². The van der Waals surface area contributed by atoms with Crippen molar-refractivity contribution in [2.24, 2.45) is 0 Å². The summed E-state index contributed by atoms with van der Waals surface area (Å²) in [5.74, 6) is 0.513.